The molecule has 1 aromatic heterocycles. The molecule has 6 heteroatoms. The summed E-state index contributed by atoms with van der Waals surface area (Å²) in [5.41, 5.74) is 2.77. The Bertz CT molecular complexity index is 913. The Morgan fingerprint density at radius 3 is 2.60 bits per heavy atom. The molecule has 0 saturated carbocycles. The Hall–Kier alpha value is -2.92. The van der Waals surface area contributed by atoms with E-state index in [0.717, 1.165) is 11.3 Å². The molecule has 25 heavy (non-hydrogen) atoms. The number of pyridine rings is 1. The number of halogens is 2. The first-order valence-electron chi connectivity index (χ1n) is 7.57. The maximum absolute atomic E-state index is 12.9. The standard InChI is InChI=1S/C19H15ClFN3O/c1-12-2-3-14(20)11-17(12)24-18-10-13(8-9-22-18)19(25)23-16-6-4-15(21)5-7-16/h2-11H,1H3,(H,22,24)(H,23,25). The van der Waals surface area contributed by atoms with Gasteiger partial charge in [-0.25, -0.2) is 9.37 Å². The van der Waals surface area contributed by atoms with Gasteiger partial charge in [-0.05, 0) is 61.0 Å². The van der Waals surface area contributed by atoms with Crippen LogP contribution in [0.25, 0.3) is 0 Å². The Morgan fingerprint density at radius 2 is 1.84 bits per heavy atom. The highest BCUT2D eigenvalue weighted by Gasteiger charge is 2.09. The molecule has 0 aliphatic rings. The summed E-state index contributed by atoms with van der Waals surface area (Å²) < 4.78 is 12.9. The van der Waals surface area contributed by atoms with Gasteiger partial charge in [-0.2, -0.15) is 0 Å². The fourth-order valence-corrected chi connectivity index (χ4v) is 2.42. The number of carbonyl (C=O) groups is 1. The average molecular weight is 356 g/mol. The van der Waals surface area contributed by atoms with E-state index in [4.69, 9.17) is 11.6 Å². The van der Waals surface area contributed by atoms with Crippen molar-refractivity contribution in [2.45, 2.75) is 6.92 Å². The van der Waals surface area contributed by atoms with E-state index in [1.54, 1.807) is 24.4 Å². The predicted molar refractivity (Wildman–Crippen MR) is 98.1 cm³/mol. The molecular formula is C19H15ClFN3O. The molecule has 1 heterocycles. The second-order valence-corrected chi connectivity index (χ2v) is 5.91. The van der Waals surface area contributed by atoms with Crippen molar-refractivity contribution in [3.63, 3.8) is 0 Å². The summed E-state index contributed by atoms with van der Waals surface area (Å²) in [7, 11) is 0. The Morgan fingerprint density at radius 1 is 1.08 bits per heavy atom. The Balaban J connectivity index is 1.77. The largest absolute Gasteiger partial charge is 0.340 e. The number of hydrogen-bond acceptors (Lipinski definition) is 3. The quantitative estimate of drug-likeness (QED) is 0.678. The molecule has 0 aliphatic heterocycles. The Labute approximate surface area is 149 Å². The number of benzene rings is 2. The molecule has 0 bridgehead atoms. The number of anilines is 3. The molecule has 0 radical (unpaired) electrons. The highest BCUT2D eigenvalue weighted by atomic mass is 35.5. The van der Waals surface area contributed by atoms with Crippen LogP contribution in [0.2, 0.25) is 5.02 Å². The first-order chi connectivity index (χ1) is 12.0. The molecule has 3 aromatic rings. The minimum absolute atomic E-state index is 0.306. The summed E-state index contributed by atoms with van der Waals surface area (Å²) in [5.74, 6) is -0.137. The molecule has 4 nitrogen and oxygen atoms in total. The van der Waals surface area contributed by atoms with Crippen LogP contribution in [0.5, 0.6) is 0 Å². The topological polar surface area (TPSA) is 54.0 Å². The molecule has 0 aliphatic carbocycles. The molecule has 1 amide bonds. The first kappa shape index (κ1) is 16.9. The zero-order valence-electron chi connectivity index (χ0n) is 13.4. The van der Waals surface area contributed by atoms with Gasteiger partial charge in [0.15, 0.2) is 0 Å². The number of aromatic nitrogens is 1. The number of nitrogens with zero attached hydrogens (tertiary/aromatic N) is 1. The fourth-order valence-electron chi connectivity index (χ4n) is 2.24. The minimum Gasteiger partial charge on any atom is -0.340 e. The Kier molecular flexibility index (Phi) is 4.95. The molecule has 0 unspecified atom stereocenters. The summed E-state index contributed by atoms with van der Waals surface area (Å²) in [6, 6.07) is 14.3. The zero-order chi connectivity index (χ0) is 17.8. The van der Waals surface area contributed by atoms with Crippen LogP contribution in [-0.4, -0.2) is 10.9 Å². The predicted octanol–water partition coefficient (Wildman–Crippen LogP) is 5.18. The van der Waals surface area contributed by atoms with E-state index in [2.05, 4.69) is 15.6 Å². The lowest BCUT2D eigenvalue weighted by atomic mass is 10.2. The van der Waals surface area contributed by atoms with E-state index in [-0.39, 0.29) is 11.7 Å². The van der Waals surface area contributed by atoms with E-state index < -0.39 is 0 Å². The van der Waals surface area contributed by atoms with Crippen molar-refractivity contribution in [2.24, 2.45) is 0 Å². The number of carbonyl (C=O) groups excluding carboxylic acids is 1. The van der Waals surface area contributed by atoms with Gasteiger partial charge in [0.2, 0.25) is 0 Å². The highest BCUT2D eigenvalue weighted by Crippen LogP contribution is 2.23. The molecule has 0 atom stereocenters. The van der Waals surface area contributed by atoms with Crippen LogP contribution in [0.15, 0.2) is 60.8 Å². The van der Waals surface area contributed by atoms with E-state index in [0.29, 0.717) is 22.1 Å². The summed E-state index contributed by atoms with van der Waals surface area (Å²) in [6.45, 7) is 1.95. The normalized spacial score (nSPS) is 10.4. The third-order valence-corrected chi connectivity index (χ3v) is 3.82. The van der Waals surface area contributed by atoms with E-state index in [1.807, 2.05) is 19.1 Å². The second kappa shape index (κ2) is 7.32. The van der Waals surface area contributed by atoms with E-state index >= 15 is 0 Å². The smallest absolute Gasteiger partial charge is 0.255 e. The van der Waals surface area contributed by atoms with Gasteiger partial charge in [0, 0.05) is 28.2 Å². The monoisotopic (exact) mass is 355 g/mol. The van der Waals surface area contributed by atoms with Gasteiger partial charge in [-0.3, -0.25) is 4.79 Å². The molecule has 0 spiro atoms. The number of aryl methyl sites for hydroxylation is 1. The fraction of sp³-hybridized carbons (Fsp3) is 0.0526. The molecule has 126 valence electrons. The van der Waals surface area contributed by atoms with Gasteiger partial charge >= 0.3 is 0 Å². The molecular weight excluding hydrogens is 341 g/mol. The van der Waals surface area contributed by atoms with Crippen LogP contribution in [0, 0.1) is 12.7 Å². The van der Waals surface area contributed by atoms with Crippen molar-refractivity contribution >= 4 is 34.7 Å². The second-order valence-electron chi connectivity index (χ2n) is 5.48. The summed E-state index contributed by atoms with van der Waals surface area (Å²) in [5, 5.41) is 6.48. The highest BCUT2D eigenvalue weighted by molar-refractivity contribution is 6.30. The van der Waals surface area contributed by atoms with E-state index in [1.165, 1.54) is 24.3 Å². The average Bonchev–Trinajstić information content (AvgIpc) is 2.60. The van der Waals surface area contributed by atoms with Crippen molar-refractivity contribution in [3.8, 4) is 0 Å². The van der Waals surface area contributed by atoms with Crippen LogP contribution in [0.1, 0.15) is 15.9 Å². The van der Waals surface area contributed by atoms with Gasteiger partial charge in [0.1, 0.15) is 11.6 Å². The summed E-state index contributed by atoms with van der Waals surface area (Å²) in [6.07, 6.45) is 1.54. The van der Waals surface area contributed by atoms with Crippen LogP contribution in [-0.2, 0) is 0 Å². The van der Waals surface area contributed by atoms with Crippen molar-refractivity contribution in [2.75, 3.05) is 10.6 Å². The van der Waals surface area contributed by atoms with Crippen LogP contribution < -0.4 is 10.6 Å². The molecule has 0 saturated heterocycles. The van der Waals surface area contributed by atoms with Gasteiger partial charge in [0.25, 0.3) is 5.91 Å². The molecule has 3 rings (SSSR count). The molecule has 2 N–H and O–H groups in total. The lowest BCUT2D eigenvalue weighted by molar-refractivity contribution is 0.102. The SMILES string of the molecule is Cc1ccc(Cl)cc1Nc1cc(C(=O)Nc2ccc(F)cc2)ccn1. The lowest BCUT2D eigenvalue weighted by Gasteiger charge is -2.11. The van der Waals surface area contributed by atoms with Crippen LogP contribution in [0.4, 0.5) is 21.6 Å². The van der Waals surface area contributed by atoms with Gasteiger partial charge < -0.3 is 10.6 Å². The third kappa shape index (κ3) is 4.33. The number of hydrogen-bond donors (Lipinski definition) is 2. The molecule has 0 fully saturated rings. The van der Waals surface area contributed by atoms with Gasteiger partial charge in [0.05, 0.1) is 0 Å². The molecule has 2 aromatic carbocycles. The van der Waals surface area contributed by atoms with E-state index in [9.17, 15) is 9.18 Å². The maximum atomic E-state index is 12.9. The van der Waals surface area contributed by atoms with Gasteiger partial charge in [-0.1, -0.05) is 17.7 Å². The van der Waals surface area contributed by atoms with Crippen molar-refractivity contribution < 1.29 is 9.18 Å². The number of nitrogens with one attached hydrogen (secondary N) is 2. The summed E-state index contributed by atoms with van der Waals surface area (Å²) >= 11 is 6.01. The number of amides is 1. The lowest BCUT2D eigenvalue weighted by Crippen LogP contribution is -2.12. The van der Waals surface area contributed by atoms with Crippen molar-refractivity contribution in [1.82, 2.24) is 4.98 Å². The summed E-state index contributed by atoms with van der Waals surface area (Å²) in [4.78, 5) is 16.6. The first-order valence-corrected chi connectivity index (χ1v) is 7.95. The minimum atomic E-state index is -0.356. The van der Waals surface area contributed by atoms with Crippen LogP contribution in [0.3, 0.4) is 0 Å². The van der Waals surface area contributed by atoms with Crippen molar-refractivity contribution in [1.29, 1.82) is 0 Å². The van der Waals surface area contributed by atoms with Crippen LogP contribution >= 0.6 is 11.6 Å². The number of rotatable bonds is 4. The third-order valence-electron chi connectivity index (χ3n) is 3.59. The maximum Gasteiger partial charge on any atom is 0.255 e. The zero-order valence-corrected chi connectivity index (χ0v) is 14.1. The van der Waals surface area contributed by atoms with Gasteiger partial charge in [-0.15, -0.1) is 0 Å². The van der Waals surface area contributed by atoms with Crippen molar-refractivity contribution in [3.05, 3.63) is 82.8 Å².